The van der Waals surface area contributed by atoms with Gasteiger partial charge in [0.25, 0.3) is 0 Å². The molecule has 1 aromatic rings. The van der Waals surface area contributed by atoms with Gasteiger partial charge in [0.2, 0.25) is 0 Å². The number of aromatic nitrogens is 1. The van der Waals surface area contributed by atoms with E-state index in [1.54, 1.807) is 0 Å². The molecular weight excluding hydrogens is 266 g/mol. The molecule has 0 spiro atoms. The van der Waals surface area contributed by atoms with Crippen LogP contribution in [0.15, 0.2) is 5.38 Å². The van der Waals surface area contributed by atoms with E-state index in [1.807, 2.05) is 11.3 Å². The third-order valence-electron chi connectivity index (χ3n) is 4.30. The van der Waals surface area contributed by atoms with Gasteiger partial charge in [-0.05, 0) is 51.0 Å². The number of nitrogens with one attached hydrogen (secondary N) is 1. The van der Waals surface area contributed by atoms with Crippen LogP contribution in [0.5, 0.6) is 0 Å². The van der Waals surface area contributed by atoms with Crippen LogP contribution in [-0.2, 0) is 13.0 Å². The first kappa shape index (κ1) is 14.5. The van der Waals surface area contributed by atoms with Gasteiger partial charge < -0.3 is 5.32 Å². The molecular formula is C16H27N3S. The van der Waals surface area contributed by atoms with Crippen molar-refractivity contribution in [2.75, 3.05) is 19.6 Å². The van der Waals surface area contributed by atoms with E-state index in [1.165, 1.54) is 62.4 Å². The maximum atomic E-state index is 4.80. The zero-order chi connectivity index (χ0) is 13.8. The van der Waals surface area contributed by atoms with Crippen LogP contribution in [0.25, 0.3) is 0 Å². The van der Waals surface area contributed by atoms with E-state index in [-0.39, 0.29) is 0 Å². The molecule has 3 nitrogen and oxygen atoms in total. The molecule has 4 heteroatoms. The number of aryl methyl sites for hydroxylation is 1. The molecule has 3 rings (SSSR count). The lowest BCUT2D eigenvalue weighted by atomic mass is 10.2. The number of hydrogen-bond acceptors (Lipinski definition) is 4. The van der Waals surface area contributed by atoms with Gasteiger partial charge in [0.15, 0.2) is 0 Å². The van der Waals surface area contributed by atoms with Crippen molar-refractivity contribution in [1.29, 1.82) is 0 Å². The lowest BCUT2D eigenvalue weighted by Gasteiger charge is -2.24. The number of hydrogen-bond donors (Lipinski definition) is 1. The average Bonchev–Trinajstić information content (AvgIpc) is 2.90. The van der Waals surface area contributed by atoms with Crippen molar-refractivity contribution in [3.8, 4) is 0 Å². The molecule has 20 heavy (non-hydrogen) atoms. The SMILES string of the molecule is CCCc1nc(CN(CC2CC2)CC2CCCN2)cs1. The lowest BCUT2D eigenvalue weighted by Crippen LogP contribution is -2.38. The Kier molecular flexibility index (Phi) is 5.08. The summed E-state index contributed by atoms with van der Waals surface area (Å²) in [6, 6.07) is 0.711. The predicted molar refractivity (Wildman–Crippen MR) is 85.1 cm³/mol. The molecule has 112 valence electrons. The predicted octanol–water partition coefficient (Wildman–Crippen LogP) is 3.06. The van der Waals surface area contributed by atoms with Crippen LogP contribution in [0, 0.1) is 5.92 Å². The third-order valence-corrected chi connectivity index (χ3v) is 5.26. The van der Waals surface area contributed by atoms with E-state index in [9.17, 15) is 0 Å². The van der Waals surface area contributed by atoms with Gasteiger partial charge in [-0.2, -0.15) is 0 Å². The van der Waals surface area contributed by atoms with E-state index < -0.39 is 0 Å². The zero-order valence-electron chi connectivity index (χ0n) is 12.6. The Labute approximate surface area is 126 Å². The highest BCUT2D eigenvalue weighted by Gasteiger charge is 2.26. The first-order valence-corrected chi connectivity index (χ1v) is 9.10. The van der Waals surface area contributed by atoms with Crippen LogP contribution in [-0.4, -0.2) is 35.6 Å². The second-order valence-corrected chi connectivity index (χ2v) is 7.36. The van der Waals surface area contributed by atoms with Crippen molar-refractivity contribution >= 4 is 11.3 Å². The summed E-state index contributed by atoms with van der Waals surface area (Å²) in [7, 11) is 0. The van der Waals surface area contributed by atoms with Crippen LogP contribution in [0.2, 0.25) is 0 Å². The van der Waals surface area contributed by atoms with Crippen molar-refractivity contribution in [2.24, 2.45) is 5.92 Å². The van der Waals surface area contributed by atoms with Gasteiger partial charge in [0, 0.05) is 31.1 Å². The number of rotatable bonds is 8. The van der Waals surface area contributed by atoms with Crippen LogP contribution in [0.1, 0.15) is 49.7 Å². The van der Waals surface area contributed by atoms with E-state index in [2.05, 4.69) is 22.5 Å². The Morgan fingerprint density at radius 3 is 2.95 bits per heavy atom. The fraction of sp³-hybridized carbons (Fsp3) is 0.812. The highest BCUT2D eigenvalue weighted by molar-refractivity contribution is 7.09. The third kappa shape index (κ3) is 4.27. The molecule has 0 bridgehead atoms. The minimum Gasteiger partial charge on any atom is -0.313 e. The molecule has 1 saturated carbocycles. The number of nitrogens with zero attached hydrogens (tertiary/aromatic N) is 2. The second kappa shape index (κ2) is 7.01. The summed E-state index contributed by atoms with van der Waals surface area (Å²) in [5.74, 6) is 0.963. The molecule has 1 aromatic heterocycles. The minimum absolute atomic E-state index is 0.711. The van der Waals surface area contributed by atoms with Gasteiger partial charge in [-0.25, -0.2) is 4.98 Å². The van der Waals surface area contributed by atoms with Crippen LogP contribution in [0.4, 0.5) is 0 Å². The summed E-state index contributed by atoms with van der Waals surface area (Å²) in [4.78, 5) is 7.44. The van der Waals surface area contributed by atoms with Gasteiger partial charge in [0.05, 0.1) is 10.7 Å². The summed E-state index contributed by atoms with van der Waals surface area (Å²) >= 11 is 1.84. The molecule has 0 amide bonds. The average molecular weight is 293 g/mol. The van der Waals surface area contributed by atoms with Crippen molar-refractivity contribution in [1.82, 2.24) is 15.2 Å². The summed E-state index contributed by atoms with van der Waals surface area (Å²) in [6.07, 6.45) is 7.90. The van der Waals surface area contributed by atoms with Crippen LogP contribution in [0.3, 0.4) is 0 Å². The molecule has 1 unspecified atom stereocenters. The van der Waals surface area contributed by atoms with E-state index >= 15 is 0 Å². The van der Waals surface area contributed by atoms with E-state index in [0.29, 0.717) is 6.04 Å². The monoisotopic (exact) mass is 293 g/mol. The van der Waals surface area contributed by atoms with Gasteiger partial charge >= 0.3 is 0 Å². The highest BCUT2D eigenvalue weighted by Crippen LogP contribution is 2.30. The van der Waals surface area contributed by atoms with Crippen molar-refractivity contribution in [3.63, 3.8) is 0 Å². The largest absolute Gasteiger partial charge is 0.313 e. The standard InChI is InChI=1S/C16H27N3S/c1-2-4-16-18-15(12-20-16)11-19(9-13-6-7-13)10-14-5-3-8-17-14/h12-14,17H,2-11H2,1H3. The van der Waals surface area contributed by atoms with Crippen molar-refractivity contribution in [3.05, 3.63) is 16.1 Å². The first-order chi connectivity index (χ1) is 9.83. The maximum absolute atomic E-state index is 4.80. The zero-order valence-corrected chi connectivity index (χ0v) is 13.4. The summed E-state index contributed by atoms with van der Waals surface area (Å²) in [5.41, 5.74) is 1.29. The summed E-state index contributed by atoms with van der Waals surface area (Å²) < 4.78 is 0. The molecule has 1 N–H and O–H groups in total. The van der Waals surface area contributed by atoms with E-state index in [0.717, 1.165) is 18.9 Å². The smallest absolute Gasteiger partial charge is 0.0928 e. The minimum atomic E-state index is 0.711. The van der Waals surface area contributed by atoms with Gasteiger partial charge in [-0.15, -0.1) is 11.3 Å². The molecule has 0 radical (unpaired) electrons. The molecule has 1 aliphatic heterocycles. The molecule has 2 aliphatic rings. The normalized spacial score (nSPS) is 22.8. The highest BCUT2D eigenvalue weighted by atomic mass is 32.1. The fourth-order valence-corrected chi connectivity index (χ4v) is 3.96. The fourth-order valence-electron chi connectivity index (χ4n) is 3.07. The Hall–Kier alpha value is -0.450. The molecule has 1 saturated heterocycles. The Balaban J connectivity index is 1.55. The Bertz CT molecular complexity index is 408. The first-order valence-electron chi connectivity index (χ1n) is 8.22. The molecule has 0 aromatic carbocycles. The topological polar surface area (TPSA) is 28.2 Å². The Morgan fingerprint density at radius 1 is 1.35 bits per heavy atom. The van der Waals surface area contributed by atoms with E-state index in [4.69, 9.17) is 4.98 Å². The number of thiazole rings is 1. The molecule has 2 heterocycles. The lowest BCUT2D eigenvalue weighted by molar-refractivity contribution is 0.229. The molecule has 1 atom stereocenters. The van der Waals surface area contributed by atoms with Crippen molar-refractivity contribution in [2.45, 2.75) is 58.0 Å². The molecule has 2 fully saturated rings. The second-order valence-electron chi connectivity index (χ2n) is 6.41. The Morgan fingerprint density at radius 2 is 2.25 bits per heavy atom. The van der Waals surface area contributed by atoms with Crippen molar-refractivity contribution < 1.29 is 0 Å². The maximum Gasteiger partial charge on any atom is 0.0928 e. The quantitative estimate of drug-likeness (QED) is 0.798. The van der Waals surface area contributed by atoms with Gasteiger partial charge in [-0.3, -0.25) is 4.90 Å². The van der Waals surface area contributed by atoms with Gasteiger partial charge in [-0.1, -0.05) is 6.92 Å². The summed E-state index contributed by atoms with van der Waals surface area (Å²) in [5, 5.41) is 7.22. The molecule has 1 aliphatic carbocycles. The van der Waals surface area contributed by atoms with Gasteiger partial charge in [0.1, 0.15) is 0 Å². The van der Waals surface area contributed by atoms with Crippen LogP contribution >= 0.6 is 11.3 Å². The summed E-state index contributed by atoms with van der Waals surface area (Å²) in [6.45, 7) is 6.97. The van der Waals surface area contributed by atoms with Crippen LogP contribution < -0.4 is 5.32 Å².